The number of pyridine rings is 1. The van der Waals surface area contributed by atoms with E-state index in [2.05, 4.69) is 15.6 Å². The Morgan fingerprint density at radius 3 is 3.05 bits per heavy atom. The molecule has 6 nitrogen and oxygen atoms in total. The van der Waals surface area contributed by atoms with Crippen molar-refractivity contribution in [1.29, 1.82) is 0 Å². The molecule has 1 unspecified atom stereocenters. The van der Waals surface area contributed by atoms with E-state index in [1.54, 1.807) is 12.3 Å². The molecule has 0 bridgehead atoms. The third kappa shape index (κ3) is 4.29. The first-order chi connectivity index (χ1) is 8.94. The Bertz CT molecular complexity index is 571. The smallest absolute Gasteiger partial charge is 0.227 e. The number of nitrogens with zero attached hydrogens (tertiary/aromatic N) is 1. The average Bonchev–Trinajstić information content (AvgIpc) is 2.27. The predicted octanol–water partition coefficient (Wildman–Crippen LogP) is 0.105. The summed E-state index contributed by atoms with van der Waals surface area (Å²) < 4.78 is 22.9. The van der Waals surface area contributed by atoms with Gasteiger partial charge in [0.2, 0.25) is 5.91 Å². The minimum atomic E-state index is -3.02. The second kappa shape index (κ2) is 5.66. The maximum Gasteiger partial charge on any atom is 0.227 e. The van der Waals surface area contributed by atoms with Gasteiger partial charge in [0, 0.05) is 25.2 Å². The fraction of sp³-hybridized carbons (Fsp3) is 0.500. The summed E-state index contributed by atoms with van der Waals surface area (Å²) in [6, 6.07) is 3.29. The van der Waals surface area contributed by atoms with Crippen LogP contribution in [-0.2, 0) is 14.6 Å². The van der Waals surface area contributed by atoms with Gasteiger partial charge in [-0.25, -0.2) is 13.4 Å². The molecule has 1 fully saturated rings. The van der Waals surface area contributed by atoms with Crippen LogP contribution in [0.1, 0.15) is 12.0 Å². The molecule has 1 aliphatic heterocycles. The van der Waals surface area contributed by atoms with Crippen LogP contribution < -0.4 is 10.6 Å². The molecule has 19 heavy (non-hydrogen) atoms. The molecule has 0 aliphatic carbocycles. The highest BCUT2D eigenvalue weighted by molar-refractivity contribution is 7.91. The minimum absolute atomic E-state index is 0.0155. The first kappa shape index (κ1) is 14.0. The Hall–Kier alpha value is -1.47. The number of hydrogen-bond donors (Lipinski definition) is 2. The lowest BCUT2D eigenvalue weighted by Crippen LogP contribution is -2.46. The van der Waals surface area contributed by atoms with Gasteiger partial charge < -0.3 is 10.6 Å². The Labute approximate surface area is 112 Å². The molecule has 0 saturated carbocycles. The second-order valence-electron chi connectivity index (χ2n) is 4.74. The van der Waals surface area contributed by atoms with Crippen LogP contribution >= 0.6 is 0 Å². The number of hydrogen-bond acceptors (Lipinski definition) is 5. The number of aromatic nitrogens is 1. The van der Waals surface area contributed by atoms with Crippen molar-refractivity contribution in [2.45, 2.75) is 19.4 Å². The van der Waals surface area contributed by atoms with Gasteiger partial charge >= 0.3 is 0 Å². The number of carbonyl (C=O) groups excluding carboxylic acids is 1. The van der Waals surface area contributed by atoms with E-state index in [1.165, 1.54) is 0 Å². The van der Waals surface area contributed by atoms with E-state index in [1.807, 2.05) is 13.0 Å². The quantitative estimate of drug-likeness (QED) is 0.821. The number of amides is 1. The van der Waals surface area contributed by atoms with Gasteiger partial charge in [0.15, 0.2) is 9.84 Å². The SMILES string of the molecule is Cc1ccnc(NC(=O)CC2CS(=O)(=O)CCN2)c1. The molecule has 104 valence electrons. The van der Waals surface area contributed by atoms with Gasteiger partial charge in [-0.3, -0.25) is 4.79 Å². The molecule has 1 aromatic rings. The van der Waals surface area contributed by atoms with E-state index in [0.717, 1.165) is 5.56 Å². The fourth-order valence-corrected chi connectivity index (χ4v) is 3.46. The van der Waals surface area contributed by atoms with Gasteiger partial charge in [0.05, 0.1) is 11.5 Å². The topological polar surface area (TPSA) is 88.2 Å². The van der Waals surface area contributed by atoms with Gasteiger partial charge in [-0.15, -0.1) is 0 Å². The zero-order chi connectivity index (χ0) is 13.9. The molecule has 7 heteroatoms. The Morgan fingerprint density at radius 1 is 1.58 bits per heavy atom. The van der Waals surface area contributed by atoms with Crippen molar-refractivity contribution in [3.05, 3.63) is 23.9 Å². The van der Waals surface area contributed by atoms with E-state index < -0.39 is 9.84 Å². The van der Waals surface area contributed by atoms with Crippen molar-refractivity contribution in [2.75, 3.05) is 23.4 Å². The van der Waals surface area contributed by atoms with E-state index in [4.69, 9.17) is 0 Å². The molecule has 1 atom stereocenters. The Morgan fingerprint density at radius 2 is 2.37 bits per heavy atom. The molecule has 2 heterocycles. The summed E-state index contributed by atoms with van der Waals surface area (Å²) in [6.07, 6.45) is 1.75. The summed E-state index contributed by atoms with van der Waals surface area (Å²) in [5.74, 6) is 0.419. The molecule has 0 spiro atoms. The van der Waals surface area contributed by atoms with Crippen molar-refractivity contribution < 1.29 is 13.2 Å². The number of sulfone groups is 1. The molecule has 2 N–H and O–H groups in total. The van der Waals surface area contributed by atoms with Crippen LogP contribution in [0, 0.1) is 6.92 Å². The van der Waals surface area contributed by atoms with Gasteiger partial charge in [-0.05, 0) is 24.6 Å². The highest BCUT2D eigenvalue weighted by Crippen LogP contribution is 2.09. The van der Waals surface area contributed by atoms with Crippen molar-refractivity contribution >= 4 is 21.6 Å². The molecule has 1 aliphatic rings. The first-order valence-electron chi connectivity index (χ1n) is 6.11. The fourth-order valence-electron chi connectivity index (χ4n) is 2.02. The van der Waals surface area contributed by atoms with Crippen molar-refractivity contribution in [3.63, 3.8) is 0 Å². The van der Waals surface area contributed by atoms with Crippen molar-refractivity contribution in [3.8, 4) is 0 Å². The lowest BCUT2D eigenvalue weighted by atomic mass is 10.2. The monoisotopic (exact) mass is 283 g/mol. The third-order valence-corrected chi connectivity index (χ3v) is 4.65. The standard InChI is InChI=1S/C12H17N3O3S/c1-9-2-3-14-11(6-9)15-12(16)7-10-8-19(17,18)5-4-13-10/h2-3,6,10,13H,4-5,7-8H2,1H3,(H,14,15,16). The summed E-state index contributed by atoms with van der Waals surface area (Å²) in [7, 11) is -3.02. The van der Waals surface area contributed by atoms with Crippen molar-refractivity contribution in [2.24, 2.45) is 0 Å². The predicted molar refractivity (Wildman–Crippen MR) is 72.7 cm³/mol. The normalized spacial score (nSPS) is 21.8. The first-order valence-corrected chi connectivity index (χ1v) is 7.93. The summed E-state index contributed by atoms with van der Waals surface area (Å²) in [5, 5.41) is 5.71. The number of carbonyl (C=O) groups is 1. The van der Waals surface area contributed by atoms with Crippen LogP contribution in [0.3, 0.4) is 0 Å². The van der Waals surface area contributed by atoms with Crippen LogP contribution in [0.2, 0.25) is 0 Å². The van der Waals surface area contributed by atoms with Crippen LogP contribution in [0.15, 0.2) is 18.3 Å². The zero-order valence-corrected chi connectivity index (χ0v) is 11.5. The molecule has 1 aromatic heterocycles. The molecule has 2 rings (SSSR count). The maximum absolute atomic E-state index is 11.8. The van der Waals surface area contributed by atoms with Crippen LogP contribution in [0.5, 0.6) is 0 Å². The van der Waals surface area contributed by atoms with Gasteiger partial charge in [-0.1, -0.05) is 0 Å². The van der Waals surface area contributed by atoms with Gasteiger partial charge in [0.1, 0.15) is 5.82 Å². The van der Waals surface area contributed by atoms with E-state index in [9.17, 15) is 13.2 Å². The number of nitrogens with one attached hydrogen (secondary N) is 2. The largest absolute Gasteiger partial charge is 0.311 e. The molecular formula is C12H17N3O3S. The van der Waals surface area contributed by atoms with E-state index in [-0.39, 0.29) is 29.9 Å². The Kier molecular flexibility index (Phi) is 4.16. The molecule has 0 radical (unpaired) electrons. The molecule has 0 aromatic carbocycles. The number of anilines is 1. The lowest BCUT2D eigenvalue weighted by molar-refractivity contribution is -0.116. The average molecular weight is 283 g/mol. The number of aryl methyl sites for hydroxylation is 1. The Balaban J connectivity index is 1.91. The van der Waals surface area contributed by atoms with Crippen molar-refractivity contribution in [1.82, 2.24) is 10.3 Å². The van der Waals surface area contributed by atoms with E-state index >= 15 is 0 Å². The zero-order valence-electron chi connectivity index (χ0n) is 10.7. The minimum Gasteiger partial charge on any atom is -0.311 e. The molecule has 1 saturated heterocycles. The second-order valence-corrected chi connectivity index (χ2v) is 6.96. The van der Waals surface area contributed by atoms with Crippen LogP contribution in [0.25, 0.3) is 0 Å². The maximum atomic E-state index is 11.8. The molecule has 1 amide bonds. The lowest BCUT2D eigenvalue weighted by Gasteiger charge is -2.22. The summed E-state index contributed by atoms with van der Waals surface area (Å²) in [5.41, 5.74) is 1.00. The summed E-state index contributed by atoms with van der Waals surface area (Å²) >= 11 is 0. The molecular weight excluding hydrogens is 266 g/mol. The highest BCUT2D eigenvalue weighted by Gasteiger charge is 2.25. The van der Waals surface area contributed by atoms with E-state index in [0.29, 0.717) is 12.4 Å². The number of rotatable bonds is 3. The van der Waals surface area contributed by atoms with Crippen LogP contribution in [0.4, 0.5) is 5.82 Å². The highest BCUT2D eigenvalue weighted by atomic mass is 32.2. The van der Waals surface area contributed by atoms with Crippen LogP contribution in [-0.4, -0.2) is 43.4 Å². The van der Waals surface area contributed by atoms with Gasteiger partial charge in [0.25, 0.3) is 0 Å². The summed E-state index contributed by atoms with van der Waals surface area (Å²) in [6.45, 7) is 2.32. The summed E-state index contributed by atoms with van der Waals surface area (Å²) in [4.78, 5) is 15.8. The third-order valence-electron chi connectivity index (χ3n) is 2.92. The van der Waals surface area contributed by atoms with Gasteiger partial charge in [-0.2, -0.15) is 0 Å².